The zero-order valence-corrected chi connectivity index (χ0v) is 9.70. The van der Waals surface area contributed by atoms with Gasteiger partial charge < -0.3 is 15.8 Å². The number of nitrogens with two attached hydrogens (primary N) is 1. The standard InChI is InChI=1S/C10H22N4O/c1-3-12-10(11)13-7-9-8-14(4-2)5-6-15-9/h9H,3-8H2,1-2H3,(H3,11,12,13). The number of likely N-dealkylation sites (N-methyl/N-ethyl adjacent to an activating group) is 1. The van der Waals surface area contributed by atoms with E-state index >= 15 is 0 Å². The highest BCUT2D eigenvalue weighted by Crippen LogP contribution is 2.04. The number of guanidine groups is 1. The quantitative estimate of drug-likeness (QED) is 0.495. The number of morpholine rings is 1. The van der Waals surface area contributed by atoms with Crippen molar-refractivity contribution in [3.63, 3.8) is 0 Å². The largest absolute Gasteiger partial charge is 0.374 e. The molecule has 0 aliphatic carbocycles. The molecule has 5 heteroatoms. The highest BCUT2D eigenvalue weighted by molar-refractivity contribution is 5.77. The van der Waals surface area contributed by atoms with E-state index in [0.29, 0.717) is 12.5 Å². The topological polar surface area (TPSA) is 62.9 Å². The first-order chi connectivity index (χ1) is 7.26. The predicted molar refractivity (Wildman–Crippen MR) is 62.0 cm³/mol. The number of ether oxygens (including phenoxy) is 1. The Hall–Kier alpha value is -0.810. The maximum atomic E-state index is 5.64. The van der Waals surface area contributed by atoms with Crippen LogP contribution in [0, 0.1) is 0 Å². The van der Waals surface area contributed by atoms with Crippen molar-refractivity contribution < 1.29 is 4.74 Å². The Labute approximate surface area is 91.7 Å². The fourth-order valence-electron chi connectivity index (χ4n) is 1.62. The second-order valence-electron chi connectivity index (χ2n) is 3.64. The molecule has 1 rings (SSSR count). The summed E-state index contributed by atoms with van der Waals surface area (Å²) < 4.78 is 5.61. The summed E-state index contributed by atoms with van der Waals surface area (Å²) in [7, 11) is 0. The highest BCUT2D eigenvalue weighted by atomic mass is 16.5. The molecule has 15 heavy (non-hydrogen) atoms. The van der Waals surface area contributed by atoms with Gasteiger partial charge in [-0.3, -0.25) is 9.89 Å². The molecule has 1 heterocycles. The summed E-state index contributed by atoms with van der Waals surface area (Å²) >= 11 is 0. The summed E-state index contributed by atoms with van der Waals surface area (Å²) in [5.41, 5.74) is 5.64. The smallest absolute Gasteiger partial charge is 0.188 e. The molecule has 1 aliphatic rings. The van der Waals surface area contributed by atoms with Gasteiger partial charge in [0.1, 0.15) is 0 Å². The Morgan fingerprint density at radius 3 is 3.07 bits per heavy atom. The Morgan fingerprint density at radius 2 is 2.40 bits per heavy atom. The fourth-order valence-corrected chi connectivity index (χ4v) is 1.62. The van der Waals surface area contributed by atoms with Crippen LogP contribution in [0.3, 0.4) is 0 Å². The maximum absolute atomic E-state index is 5.64. The molecular formula is C10H22N4O. The van der Waals surface area contributed by atoms with Crippen LogP contribution in [0.25, 0.3) is 0 Å². The van der Waals surface area contributed by atoms with Crippen LogP contribution in [0.4, 0.5) is 0 Å². The molecule has 88 valence electrons. The van der Waals surface area contributed by atoms with Crippen LogP contribution < -0.4 is 11.1 Å². The number of hydrogen-bond donors (Lipinski definition) is 2. The minimum absolute atomic E-state index is 0.191. The first-order valence-electron chi connectivity index (χ1n) is 5.64. The van der Waals surface area contributed by atoms with Crippen LogP contribution in [0.15, 0.2) is 4.99 Å². The highest BCUT2D eigenvalue weighted by Gasteiger charge is 2.18. The second-order valence-corrected chi connectivity index (χ2v) is 3.64. The van der Waals surface area contributed by atoms with E-state index in [-0.39, 0.29) is 6.10 Å². The van der Waals surface area contributed by atoms with Crippen molar-refractivity contribution in [2.45, 2.75) is 20.0 Å². The minimum Gasteiger partial charge on any atom is -0.374 e. The monoisotopic (exact) mass is 214 g/mol. The molecule has 1 saturated heterocycles. The van der Waals surface area contributed by atoms with Gasteiger partial charge in [0.2, 0.25) is 0 Å². The molecule has 0 aromatic heterocycles. The first-order valence-corrected chi connectivity index (χ1v) is 5.64. The molecule has 0 aromatic rings. The summed E-state index contributed by atoms with van der Waals surface area (Å²) in [4.78, 5) is 6.61. The van der Waals surface area contributed by atoms with Gasteiger partial charge in [-0.15, -0.1) is 0 Å². The van der Waals surface area contributed by atoms with Gasteiger partial charge in [-0.1, -0.05) is 6.92 Å². The van der Waals surface area contributed by atoms with Gasteiger partial charge in [-0.2, -0.15) is 0 Å². The maximum Gasteiger partial charge on any atom is 0.188 e. The average Bonchev–Trinajstić information content (AvgIpc) is 2.27. The van der Waals surface area contributed by atoms with Crippen molar-refractivity contribution in [1.29, 1.82) is 0 Å². The van der Waals surface area contributed by atoms with Crippen molar-refractivity contribution >= 4 is 5.96 Å². The van der Waals surface area contributed by atoms with E-state index in [4.69, 9.17) is 10.5 Å². The molecule has 1 fully saturated rings. The number of nitrogens with one attached hydrogen (secondary N) is 1. The number of aliphatic imine (C=N–C) groups is 1. The lowest BCUT2D eigenvalue weighted by Gasteiger charge is -2.31. The van der Waals surface area contributed by atoms with Gasteiger partial charge in [0.05, 0.1) is 19.3 Å². The van der Waals surface area contributed by atoms with Crippen molar-refractivity contribution in [3.05, 3.63) is 0 Å². The van der Waals surface area contributed by atoms with E-state index in [1.165, 1.54) is 0 Å². The molecule has 3 N–H and O–H groups in total. The molecule has 1 unspecified atom stereocenters. The molecule has 0 saturated carbocycles. The van der Waals surface area contributed by atoms with Crippen molar-refractivity contribution in [2.24, 2.45) is 10.7 Å². The van der Waals surface area contributed by atoms with E-state index in [2.05, 4.69) is 22.1 Å². The Balaban J connectivity index is 2.28. The second kappa shape index (κ2) is 6.63. The van der Waals surface area contributed by atoms with Crippen LogP contribution in [0.1, 0.15) is 13.8 Å². The van der Waals surface area contributed by atoms with Crippen LogP contribution in [-0.2, 0) is 4.74 Å². The van der Waals surface area contributed by atoms with E-state index in [9.17, 15) is 0 Å². The van der Waals surface area contributed by atoms with Gasteiger partial charge in [0.25, 0.3) is 0 Å². The molecule has 0 spiro atoms. The van der Waals surface area contributed by atoms with Crippen molar-refractivity contribution in [3.8, 4) is 0 Å². The van der Waals surface area contributed by atoms with Crippen molar-refractivity contribution in [1.82, 2.24) is 10.2 Å². The molecule has 0 bridgehead atoms. The number of rotatable bonds is 4. The van der Waals surface area contributed by atoms with Crippen molar-refractivity contribution in [2.75, 3.05) is 39.3 Å². The lowest BCUT2D eigenvalue weighted by molar-refractivity contribution is -0.0210. The van der Waals surface area contributed by atoms with Crippen LogP contribution in [-0.4, -0.2) is 56.3 Å². The molecule has 1 aliphatic heterocycles. The summed E-state index contributed by atoms with van der Waals surface area (Å²) in [5, 5.41) is 2.97. The molecule has 0 amide bonds. The van der Waals surface area contributed by atoms with E-state index < -0.39 is 0 Å². The lowest BCUT2D eigenvalue weighted by atomic mass is 10.3. The minimum atomic E-state index is 0.191. The SMILES string of the molecule is CCNC(N)=NCC1CN(CC)CCO1. The van der Waals surface area contributed by atoms with Crippen LogP contribution in [0.2, 0.25) is 0 Å². The third kappa shape index (κ3) is 4.48. The fraction of sp³-hybridized carbons (Fsp3) is 0.900. The van der Waals surface area contributed by atoms with E-state index in [0.717, 1.165) is 32.8 Å². The number of nitrogens with zero attached hydrogens (tertiary/aromatic N) is 2. The third-order valence-corrected chi connectivity index (χ3v) is 2.49. The summed E-state index contributed by atoms with van der Waals surface area (Å²) in [6.45, 7) is 9.48. The van der Waals surface area contributed by atoms with Gasteiger partial charge in [-0.05, 0) is 13.5 Å². The molecular weight excluding hydrogens is 192 g/mol. The van der Waals surface area contributed by atoms with Gasteiger partial charge in [-0.25, -0.2) is 0 Å². The van der Waals surface area contributed by atoms with E-state index in [1.54, 1.807) is 0 Å². The van der Waals surface area contributed by atoms with Gasteiger partial charge >= 0.3 is 0 Å². The summed E-state index contributed by atoms with van der Waals surface area (Å²) in [6.07, 6.45) is 0.191. The van der Waals surface area contributed by atoms with E-state index in [1.807, 2.05) is 6.92 Å². The Kier molecular flexibility index (Phi) is 5.42. The zero-order valence-electron chi connectivity index (χ0n) is 9.70. The zero-order chi connectivity index (χ0) is 11.1. The van der Waals surface area contributed by atoms with Crippen LogP contribution in [0.5, 0.6) is 0 Å². The van der Waals surface area contributed by atoms with Gasteiger partial charge in [0.15, 0.2) is 5.96 Å². The van der Waals surface area contributed by atoms with Gasteiger partial charge in [0, 0.05) is 19.6 Å². The summed E-state index contributed by atoms with van der Waals surface area (Å²) in [6, 6.07) is 0. The third-order valence-electron chi connectivity index (χ3n) is 2.49. The number of hydrogen-bond acceptors (Lipinski definition) is 3. The Bertz CT molecular complexity index is 208. The first kappa shape index (κ1) is 12.3. The molecule has 0 aromatic carbocycles. The Morgan fingerprint density at radius 1 is 1.60 bits per heavy atom. The summed E-state index contributed by atoms with van der Waals surface area (Å²) in [5.74, 6) is 0.509. The lowest BCUT2D eigenvalue weighted by Crippen LogP contribution is -2.44. The predicted octanol–water partition coefficient (Wildman–Crippen LogP) is -0.369. The molecule has 5 nitrogen and oxygen atoms in total. The molecule has 0 radical (unpaired) electrons. The molecule has 1 atom stereocenters. The normalized spacial score (nSPS) is 24.1. The average molecular weight is 214 g/mol. The van der Waals surface area contributed by atoms with Crippen LogP contribution >= 0.6 is 0 Å².